The minimum absolute atomic E-state index is 0.00438. The van der Waals surface area contributed by atoms with Crippen LogP contribution in [0.4, 0.5) is 4.79 Å². The number of pyridine rings is 1. The molecule has 0 unspecified atom stereocenters. The lowest BCUT2D eigenvalue weighted by Crippen LogP contribution is -2.53. The molecule has 2 aliphatic rings. The molecular formula is C24H32N4O2. The van der Waals surface area contributed by atoms with Gasteiger partial charge in [0.15, 0.2) is 0 Å². The summed E-state index contributed by atoms with van der Waals surface area (Å²) in [5, 5.41) is 3.00. The van der Waals surface area contributed by atoms with E-state index in [1.54, 1.807) is 0 Å². The van der Waals surface area contributed by atoms with Crippen LogP contribution in [-0.2, 0) is 13.1 Å². The van der Waals surface area contributed by atoms with E-state index in [1.165, 1.54) is 0 Å². The lowest BCUT2D eigenvalue weighted by atomic mass is 9.83. The Morgan fingerprint density at radius 1 is 1.10 bits per heavy atom. The van der Waals surface area contributed by atoms with Crippen LogP contribution in [0.15, 0.2) is 41.2 Å². The number of carbonyl (C=O) groups excluding carboxylic acids is 1. The summed E-state index contributed by atoms with van der Waals surface area (Å²) in [4.78, 5) is 30.1. The molecule has 1 aromatic heterocycles. The zero-order chi connectivity index (χ0) is 21.4. The van der Waals surface area contributed by atoms with Crippen molar-refractivity contribution in [2.24, 2.45) is 5.92 Å². The Balaban J connectivity index is 1.67. The van der Waals surface area contributed by atoms with Crippen molar-refractivity contribution in [1.82, 2.24) is 19.7 Å². The van der Waals surface area contributed by atoms with E-state index < -0.39 is 0 Å². The largest absolute Gasteiger partial charge is 0.336 e. The van der Waals surface area contributed by atoms with E-state index in [4.69, 9.17) is 0 Å². The zero-order valence-corrected chi connectivity index (χ0v) is 18.4. The fraction of sp³-hybridized carbons (Fsp3) is 0.500. The lowest BCUT2D eigenvalue weighted by molar-refractivity contribution is 0.130. The highest BCUT2D eigenvalue weighted by Crippen LogP contribution is 2.36. The summed E-state index contributed by atoms with van der Waals surface area (Å²) in [7, 11) is 4.08. The van der Waals surface area contributed by atoms with E-state index in [9.17, 15) is 9.59 Å². The van der Waals surface area contributed by atoms with Gasteiger partial charge in [0.05, 0.1) is 0 Å². The molecule has 2 amide bonds. The second kappa shape index (κ2) is 8.26. The third-order valence-corrected chi connectivity index (χ3v) is 6.10. The van der Waals surface area contributed by atoms with Crippen LogP contribution in [0.3, 0.4) is 0 Å². The molecule has 160 valence electrons. The molecule has 1 saturated heterocycles. The summed E-state index contributed by atoms with van der Waals surface area (Å²) in [6, 6.07) is 12.4. The van der Waals surface area contributed by atoms with Gasteiger partial charge >= 0.3 is 6.03 Å². The van der Waals surface area contributed by atoms with Crippen LogP contribution in [0.5, 0.6) is 0 Å². The fourth-order valence-electron chi connectivity index (χ4n) is 4.92. The number of amides is 2. The number of aromatic nitrogens is 1. The highest BCUT2D eigenvalue weighted by atomic mass is 16.2. The molecule has 6 heteroatoms. The molecule has 1 aromatic carbocycles. The maximum absolute atomic E-state index is 13.5. The van der Waals surface area contributed by atoms with Crippen molar-refractivity contribution in [3.8, 4) is 11.1 Å². The predicted molar refractivity (Wildman–Crippen MR) is 120 cm³/mol. The average Bonchev–Trinajstić information content (AvgIpc) is 2.68. The molecule has 0 radical (unpaired) electrons. The number of likely N-dealkylation sites (tertiary alicyclic amines) is 1. The highest BCUT2D eigenvalue weighted by Gasteiger charge is 2.36. The van der Waals surface area contributed by atoms with E-state index in [2.05, 4.69) is 22.3 Å². The van der Waals surface area contributed by atoms with Gasteiger partial charge in [0, 0.05) is 49.4 Å². The van der Waals surface area contributed by atoms with Gasteiger partial charge in [-0.15, -0.1) is 0 Å². The molecule has 1 fully saturated rings. The Morgan fingerprint density at radius 2 is 1.87 bits per heavy atom. The number of rotatable bonds is 4. The molecule has 30 heavy (non-hydrogen) atoms. The molecule has 2 aromatic rings. The minimum atomic E-state index is 0.00438. The topological polar surface area (TPSA) is 57.6 Å². The molecule has 2 atom stereocenters. The molecule has 0 saturated carbocycles. The van der Waals surface area contributed by atoms with Gasteiger partial charge in [-0.05, 0) is 63.5 Å². The number of fused-ring (bicyclic) bond motifs is 4. The van der Waals surface area contributed by atoms with Gasteiger partial charge in [-0.25, -0.2) is 4.79 Å². The molecule has 6 nitrogen and oxygen atoms in total. The molecule has 0 aliphatic carbocycles. The van der Waals surface area contributed by atoms with Crippen LogP contribution < -0.4 is 10.9 Å². The first-order valence-electron chi connectivity index (χ1n) is 10.9. The quantitative estimate of drug-likeness (QED) is 0.846. The summed E-state index contributed by atoms with van der Waals surface area (Å²) in [6.45, 7) is 6.82. The van der Waals surface area contributed by atoms with Crippen LogP contribution in [0, 0.1) is 5.92 Å². The highest BCUT2D eigenvalue weighted by molar-refractivity contribution is 5.74. The van der Waals surface area contributed by atoms with E-state index >= 15 is 0 Å². The summed E-state index contributed by atoms with van der Waals surface area (Å²) in [6.07, 6.45) is 1.04. The number of carbonyl (C=O) groups is 1. The normalized spacial score (nSPS) is 20.4. The first-order chi connectivity index (χ1) is 14.3. The van der Waals surface area contributed by atoms with Crippen molar-refractivity contribution < 1.29 is 4.79 Å². The van der Waals surface area contributed by atoms with Crippen molar-refractivity contribution >= 4 is 6.03 Å². The molecule has 2 aliphatic heterocycles. The standard InChI is InChI=1S/C24H32N4O2/c1-16(2)25-24(30)27-12-17-11-19(15-27)22-10-9-21(23(29)28(22)13-17)20-8-6-5-7-18(20)14-26(3)4/h5-10,16-17,19H,11-15H2,1-4H3,(H,25,30)/t17-,19+/m0/s1. The summed E-state index contributed by atoms with van der Waals surface area (Å²) < 4.78 is 1.97. The van der Waals surface area contributed by atoms with Crippen LogP contribution in [0.25, 0.3) is 11.1 Å². The third kappa shape index (κ3) is 4.01. The number of benzene rings is 1. The maximum Gasteiger partial charge on any atom is 0.317 e. The van der Waals surface area contributed by atoms with Crippen molar-refractivity contribution in [2.75, 3.05) is 27.2 Å². The predicted octanol–water partition coefficient (Wildman–Crippen LogP) is 3.11. The smallest absolute Gasteiger partial charge is 0.317 e. The summed E-state index contributed by atoms with van der Waals surface area (Å²) in [5.41, 5.74) is 4.10. The molecule has 1 N–H and O–H groups in total. The average molecular weight is 409 g/mol. The number of hydrogen-bond acceptors (Lipinski definition) is 3. The first-order valence-corrected chi connectivity index (χ1v) is 10.9. The van der Waals surface area contributed by atoms with Crippen LogP contribution in [-0.4, -0.2) is 53.6 Å². The van der Waals surface area contributed by atoms with Gasteiger partial charge in [-0.3, -0.25) is 4.79 Å². The van der Waals surface area contributed by atoms with Crippen LogP contribution in [0.2, 0.25) is 0 Å². The van der Waals surface area contributed by atoms with Crippen LogP contribution in [0.1, 0.15) is 37.4 Å². The first kappa shape index (κ1) is 20.7. The van der Waals surface area contributed by atoms with Crippen molar-refractivity contribution in [2.45, 2.75) is 45.3 Å². The maximum atomic E-state index is 13.5. The molecule has 0 spiro atoms. The lowest BCUT2D eigenvalue weighted by Gasteiger charge is -2.43. The Labute approximate surface area is 178 Å². The molecule has 2 bridgehead atoms. The molecule has 3 heterocycles. The Bertz CT molecular complexity index is 995. The Hall–Kier alpha value is -2.60. The van der Waals surface area contributed by atoms with E-state index in [0.29, 0.717) is 25.6 Å². The van der Waals surface area contributed by atoms with Gasteiger partial charge in [0.2, 0.25) is 0 Å². The van der Waals surface area contributed by atoms with Gasteiger partial charge in [-0.2, -0.15) is 0 Å². The number of urea groups is 1. The third-order valence-electron chi connectivity index (χ3n) is 6.10. The molecule has 4 rings (SSSR count). The van der Waals surface area contributed by atoms with Crippen molar-refractivity contribution in [1.29, 1.82) is 0 Å². The van der Waals surface area contributed by atoms with Gasteiger partial charge < -0.3 is 19.7 Å². The Kier molecular flexibility index (Phi) is 5.69. The van der Waals surface area contributed by atoms with Gasteiger partial charge in [0.25, 0.3) is 5.56 Å². The second-order valence-electron chi connectivity index (χ2n) is 9.29. The Morgan fingerprint density at radius 3 is 2.60 bits per heavy atom. The number of nitrogens with one attached hydrogen (secondary N) is 1. The van der Waals surface area contributed by atoms with Gasteiger partial charge in [-0.1, -0.05) is 24.3 Å². The zero-order valence-electron chi connectivity index (χ0n) is 18.4. The second-order valence-corrected chi connectivity index (χ2v) is 9.29. The van der Waals surface area contributed by atoms with Crippen molar-refractivity contribution in [3.63, 3.8) is 0 Å². The van der Waals surface area contributed by atoms with E-state index in [-0.39, 0.29) is 23.6 Å². The fourth-order valence-corrected chi connectivity index (χ4v) is 4.92. The number of hydrogen-bond donors (Lipinski definition) is 1. The SMILES string of the molecule is CC(C)NC(=O)N1C[C@@H]2C[C@H](C1)c1ccc(-c3ccccc3CN(C)C)c(=O)n1C2. The number of nitrogens with zero attached hydrogens (tertiary/aromatic N) is 3. The van der Waals surface area contributed by atoms with Gasteiger partial charge in [0.1, 0.15) is 0 Å². The van der Waals surface area contributed by atoms with E-state index in [1.807, 2.05) is 61.7 Å². The van der Waals surface area contributed by atoms with Crippen LogP contribution >= 0.6 is 0 Å². The summed E-state index contributed by atoms with van der Waals surface area (Å²) >= 11 is 0. The monoisotopic (exact) mass is 408 g/mol. The summed E-state index contributed by atoms with van der Waals surface area (Å²) in [5.74, 6) is 0.535. The number of piperidine rings is 1. The van der Waals surface area contributed by atoms with E-state index in [0.717, 1.165) is 35.3 Å². The minimum Gasteiger partial charge on any atom is -0.336 e. The van der Waals surface area contributed by atoms with Crippen molar-refractivity contribution in [3.05, 3.63) is 58.0 Å². The molecular weight excluding hydrogens is 376 g/mol.